The lowest BCUT2D eigenvalue weighted by Gasteiger charge is -2.29. The average Bonchev–Trinajstić information content (AvgIpc) is 2.74. The van der Waals surface area contributed by atoms with Gasteiger partial charge in [0.2, 0.25) is 0 Å². The number of benzene rings is 1. The van der Waals surface area contributed by atoms with E-state index >= 15 is 0 Å². The van der Waals surface area contributed by atoms with Crippen LogP contribution in [0, 0.1) is 13.8 Å². The number of nitrogens with zero attached hydrogens (tertiary/aromatic N) is 3. The van der Waals surface area contributed by atoms with Crippen molar-refractivity contribution in [2.24, 2.45) is 0 Å². The molecule has 0 radical (unpaired) electrons. The number of rotatable bonds is 3. The molecular formula is C22H29N3. The van der Waals surface area contributed by atoms with Gasteiger partial charge in [-0.2, -0.15) is 0 Å². The number of pyridine rings is 1. The van der Waals surface area contributed by atoms with E-state index < -0.39 is 0 Å². The van der Waals surface area contributed by atoms with E-state index in [1.54, 1.807) is 5.56 Å². The number of aryl methyl sites for hydroxylation is 2. The van der Waals surface area contributed by atoms with Crippen molar-refractivity contribution in [1.82, 2.24) is 9.88 Å². The molecule has 2 aliphatic rings. The maximum absolute atomic E-state index is 4.46. The zero-order valence-corrected chi connectivity index (χ0v) is 15.7. The van der Waals surface area contributed by atoms with Crippen LogP contribution in [-0.4, -0.2) is 42.6 Å². The minimum Gasteiger partial charge on any atom is -0.367 e. The second kappa shape index (κ2) is 6.80. The average molecular weight is 335 g/mol. The lowest BCUT2D eigenvalue weighted by Crippen LogP contribution is -2.37. The van der Waals surface area contributed by atoms with E-state index in [1.807, 2.05) is 6.20 Å². The molecule has 25 heavy (non-hydrogen) atoms. The first-order valence-corrected chi connectivity index (χ1v) is 9.59. The van der Waals surface area contributed by atoms with Gasteiger partial charge in [-0.05, 0) is 70.0 Å². The van der Waals surface area contributed by atoms with Crippen molar-refractivity contribution in [2.75, 3.05) is 31.6 Å². The minimum atomic E-state index is 0.651. The van der Waals surface area contributed by atoms with E-state index in [9.17, 15) is 0 Å². The quantitative estimate of drug-likeness (QED) is 0.847. The SMILES string of the molecule is Cc1ccc2c(c1)[C@H]1CN(C)CCC[C@@H]1N2CCc1ccc(C)nc1. The number of likely N-dealkylation sites (N-methyl/N-ethyl adjacent to an activating group) is 1. The Labute approximate surface area is 151 Å². The van der Waals surface area contributed by atoms with Crippen molar-refractivity contribution in [3.8, 4) is 0 Å². The fourth-order valence-electron chi connectivity index (χ4n) is 4.59. The number of anilines is 1. The third-order valence-corrected chi connectivity index (χ3v) is 5.92. The van der Waals surface area contributed by atoms with Gasteiger partial charge in [-0.25, -0.2) is 0 Å². The maximum Gasteiger partial charge on any atom is 0.0405 e. The van der Waals surface area contributed by atoms with Crippen molar-refractivity contribution in [1.29, 1.82) is 0 Å². The molecule has 3 heterocycles. The summed E-state index contributed by atoms with van der Waals surface area (Å²) in [5.74, 6) is 0.651. The minimum absolute atomic E-state index is 0.651. The zero-order valence-electron chi connectivity index (χ0n) is 15.7. The van der Waals surface area contributed by atoms with E-state index in [-0.39, 0.29) is 0 Å². The molecule has 1 aromatic heterocycles. The van der Waals surface area contributed by atoms with E-state index in [1.165, 1.54) is 42.7 Å². The Bertz CT molecular complexity index is 737. The van der Waals surface area contributed by atoms with Crippen molar-refractivity contribution in [2.45, 2.75) is 45.1 Å². The van der Waals surface area contributed by atoms with Crippen LogP contribution in [0.15, 0.2) is 36.5 Å². The van der Waals surface area contributed by atoms with Gasteiger partial charge < -0.3 is 9.80 Å². The molecule has 1 fully saturated rings. The molecule has 0 unspecified atom stereocenters. The van der Waals surface area contributed by atoms with Gasteiger partial charge in [-0.15, -0.1) is 0 Å². The van der Waals surface area contributed by atoms with Crippen LogP contribution in [0.25, 0.3) is 0 Å². The van der Waals surface area contributed by atoms with E-state index in [0.717, 1.165) is 18.7 Å². The molecule has 0 saturated carbocycles. The number of hydrogen-bond donors (Lipinski definition) is 0. The van der Waals surface area contributed by atoms with Gasteiger partial charge in [0.15, 0.2) is 0 Å². The number of likely N-dealkylation sites (tertiary alicyclic amines) is 1. The first kappa shape index (κ1) is 16.6. The van der Waals surface area contributed by atoms with Gasteiger partial charge in [0, 0.05) is 42.6 Å². The Morgan fingerprint density at radius 3 is 2.84 bits per heavy atom. The molecule has 1 aromatic carbocycles. The summed E-state index contributed by atoms with van der Waals surface area (Å²) < 4.78 is 0. The zero-order chi connectivity index (χ0) is 17.4. The lowest BCUT2D eigenvalue weighted by atomic mass is 9.92. The monoisotopic (exact) mass is 335 g/mol. The lowest BCUT2D eigenvalue weighted by molar-refractivity contribution is 0.330. The molecule has 132 valence electrons. The topological polar surface area (TPSA) is 19.4 Å². The predicted octanol–water partition coefficient (Wildman–Crippen LogP) is 3.94. The predicted molar refractivity (Wildman–Crippen MR) is 104 cm³/mol. The Hall–Kier alpha value is -1.87. The highest BCUT2D eigenvalue weighted by molar-refractivity contribution is 5.63. The van der Waals surface area contributed by atoms with Crippen LogP contribution in [-0.2, 0) is 6.42 Å². The smallest absolute Gasteiger partial charge is 0.0405 e. The normalized spacial score (nSPS) is 23.2. The Morgan fingerprint density at radius 2 is 2.04 bits per heavy atom. The summed E-state index contributed by atoms with van der Waals surface area (Å²) in [6.07, 6.45) is 5.71. The second-order valence-corrected chi connectivity index (χ2v) is 7.89. The van der Waals surface area contributed by atoms with Crippen LogP contribution in [0.2, 0.25) is 0 Å². The van der Waals surface area contributed by atoms with Crippen LogP contribution in [0.5, 0.6) is 0 Å². The van der Waals surface area contributed by atoms with Gasteiger partial charge in [-0.1, -0.05) is 23.8 Å². The van der Waals surface area contributed by atoms with Gasteiger partial charge >= 0.3 is 0 Å². The molecule has 0 spiro atoms. The highest BCUT2D eigenvalue weighted by Gasteiger charge is 2.39. The van der Waals surface area contributed by atoms with Crippen LogP contribution in [0.3, 0.4) is 0 Å². The molecule has 3 nitrogen and oxygen atoms in total. The third-order valence-electron chi connectivity index (χ3n) is 5.92. The summed E-state index contributed by atoms with van der Waals surface area (Å²) in [4.78, 5) is 9.67. The van der Waals surface area contributed by atoms with E-state index in [0.29, 0.717) is 12.0 Å². The molecule has 0 N–H and O–H groups in total. The standard InChI is InChI=1S/C22H29N3/c1-16-6-9-22-19(13-16)20-15-24(3)11-4-5-21(20)25(22)12-10-18-8-7-17(2)23-14-18/h6-9,13-14,20-21H,4-5,10-12,15H2,1-3H3/t20-,21+/m1/s1. The highest BCUT2D eigenvalue weighted by Crippen LogP contribution is 2.44. The van der Waals surface area contributed by atoms with Crippen molar-refractivity contribution >= 4 is 5.69 Å². The number of fused-ring (bicyclic) bond motifs is 3. The molecule has 2 atom stereocenters. The second-order valence-electron chi connectivity index (χ2n) is 7.89. The van der Waals surface area contributed by atoms with Crippen molar-refractivity contribution in [3.63, 3.8) is 0 Å². The fraction of sp³-hybridized carbons (Fsp3) is 0.500. The molecule has 0 amide bonds. The summed E-state index contributed by atoms with van der Waals surface area (Å²) in [5.41, 5.74) is 6.86. The van der Waals surface area contributed by atoms with E-state index in [2.05, 4.69) is 66.0 Å². The molecule has 2 aromatic rings. The molecule has 0 bridgehead atoms. The Kier molecular flexibility index (Phi) is 4.51. The summed E-state index contributed by atoms with van der Waals surface area (Å²) in [6, 6.07) is 12.1. The highest BCUT2D eigenvalue weighted by atomic mass is 15.2. The van der Waals surface area contributed by atoms with Crippen LogP contribution < -0.4 is 4.90 Å². The first-order valence-electron chi connectivity index (χ1n) is 9.59. The van der Waals surface area contributed by atoms with Gasteiger partial charge in [0.1, 0.15) is 0 Å². The van der Waals surface area contributed by atoms with Crippen LogP contribution in [0.1, 0.15) is 41.1 Å². The van der Waals surface area contributed by atoms with Gasteiger partial charge in [-0.3, -0.25) is 4.98 Å². The summed E-state index contributed by atoms with van der Waals surface area (Å²) in [7, 11) is 2.28. The van der Waals surface area contributed by atoms with Gasteiger partial charge in [0.05, 0.1) is 0 Å². The largest absolute Gasteiger partial charge is 0.367 e. The Balaban J connectivity index is 1.60. The van der Waals surface area contributed by atoms with Crippen molar-refractivity contribution in [3.05, 3.63) is 58.9 Å². The summed E-state index contributed by atoms with van der Waals surface area (Å²) in [6.45, 7) is 7.77. The summed E-state index contributed by atoms with van der Waals surface area (Å²) in [5, 5.41) is 0. The van der Waals surface area contributed by atoms with Crippen molar-refractivity contribution < 1.29 is 0 Å². The van der Waals surface area contributed by atoms with Crippen LogP contribution in [0.4, 0.5) is 5.69 Å². The molecule has 0 aliphatic carbocycles. The molecule has 4 rings (SSSR count). The molecule has 3 heteroatoms. The summed E-state index contributed by atoms with van der Waals surface area (Å²) >= 11 is 0. The van der Waals surface area contributed by atoms with Gasteiger partial charge in [0.25, 0.3) is 0 Å². The fourth-order valence-corrected chi connectivity index (χ4v) is 4.59. The van der Waals surface area contributed by atoms with Crippen LogP contribution >= 0.6 is 0 Å². The number of hydrogen-bond acceptors (Lipinski definition) is 3. The molecule has 1 saturated heterocycles. The number of aromatic nitrogens is 1. The van der Waals surface area contributed by atoms with E-state index in [4.69, 9.17) is 0 Å². The third kappa shape index (κ3) is 3.30. The molecule has 2 aliphatic heterocycles. The maximum atomic E-state index is 4.46. The first-order chi connectivity index (χ1) is 12.1. The Morgan fingerprint density at radius 1 is 1.16 bits per heavy atom. The molecular weight excluding hydrogens is 306 g/mol.